The first-order valence-corrected chi connectivity index (χ1v) is 9.30. The summed E-state index contributed by atoms with van der Waals surface area (Å²) >= 11 is 0. The number of hydrogen-bond donors (Lipinski definition) is 1. The summed E-state index contributed by atoms with van der Waals surface area (Å²) in [5.74, 6) is 1.20. The number of nitrogens with zero attached hydrogens (tertiary/aromatic N) is 2. The van der Waals surface area contributed by atoms with Crippen LogP contribution in [0.5, 0.6) is 11.5 Å². The zero-order chi connectivity index (χ0) is 19.4. The molecule has 27 heavy (non-hydrogen) atoms. The van der Waals surface area contributed by atoms with Crippen LogP contribution >= 0.6 is 0 Å². The van der Waals surface area contributed by atoms with E-state index < -0.39 is 4.92 Å². The van der Waals surface area contributed by atoms with Crippen LogP contribution in [0, 0.1) is 10.1 Å². The van der Waals surface area contributed by atoms with E-state index in [1.165, 1.54) is 36.1 Å². The Kier molecular flexibility index (Phi) is 5.96. The summed E-state index contributed by atoms with van der Waals surface area (Å²) in [6.45, 7) is 1.78. The van der Waals surface area contributed by atoms with Crippen molar-refractivity contribution in [3.63, 3.8) is 0 Å². The quantitative estimate of drug-likeness (QED) is 0.591. The molecule has 0 bridgehead atoms. The van der Waals surface area contributed by atoms with Gasteiger partial charge in [-0.25, -0.2) is 0 Å². The summed E-state index contributed by atoms with van der Waals surface area (Å²) in [5, 5.41) is 20.6. The number of phenolic OH excluding ortho intramolecular Hbond substituents is 1. The maximum Gasteiger partial charge on any atom is 0.310 e. The first-order valence-electron chi connectivity index (χ1n) is 9.30. The van der Waals surface area contributed by atoms with Crippen molar-refractivity contribution in [2.24, 2.45) is 0 Å². The highest BCUT2D eigenvalue weighted by molar-refractivity contribution is 5.47. The van der Waals surface area contributed by atoms with Gasteiger partial charge < -0.3 is 14.7 Å². The Balaban J connectivity index is 1.62. The maximum atomic E-state index is 10.8. The van der Waals surface area contributed by atoms with Gasteiger partial charge in [0.1, 0.15) is 5.75 Å². The zero-order valence-electron chi connectivity index (χ0n) is 15.9. The normalized spacial score (nSPS) is 16.2. The number of aromatic hydroxyl groups is 1. The fourth-order valence-corrected chi connectivity index (χ4v) is 3.96. The van der Waals surface area contributed by atoms with Crippen molar-refractivity contribution in [2.75, 3.05) is 27.2 Å². The average molecular weight is 370 g/mol. The maximum absolute atomic E-state index is 10.8. The molecule has 0 unspecified atom stereocenters. The molecule has 2 aromatic carbocycles. The summed E-state index contributed by atoms with van der Waals surface area (Å²) in [6, 6.07) is 10.9. The molecular weight excluding hydrogens is 344 g/mol. The molecule has 0 fully saturated rings. The fourth-order valence-electron chi connectivity index (χ4n) is 3.96. The molecule has 1 atom stereocenters. The minimum absolute atomic E-state index is 0.250. The number of likely N-dealkylation sites (N-methyl/N-ethyl adjacent to an activating group) is 1. The van der Waals surface area contributed by atoms with Crippen LogP contribution in [0.1, 0.15) is 35.4 Å². The second-order valence-corrected chi connectivity index (χ2v) is 7.21. The number of methoxy groups -OCH3 is 1. The van der Waals surface area contributed by atoms with E-state index in [-0.39, 0.29) is 11.4 Å². The Labute approximate surface area is 159 Å². The molecule has 0 amide bonds. The third kappa shape index (κ3) is 4.39. The van der Waals surface area contributed by atoms with Crippen LogP contribution < -0.4 is 4.74 Å². The van der Waals surface area contributed by atoms with Gasteiger partial charge in [-0.05, 0) is 67.5 Å². The van der Waals surface area contributed by atoms with E-state index in [4.69, 9.17) is 4.74 Å². The number of benzene rings is 2. The Morgan fingerprint density at radius 1 is 1.33 bits per heavy atom. The molecule has 1 N–H and O–H groups in total. The van der Waals surface area contributed by atoms with Gasteiger partial charge in [0.05, 0.1) is 12.0 Å². The van der Waals surface area contributed by atoms with Crippen LogP contribution in [-0.2, 0) is 12.8 Å². The van der Waals surface area contributed by atoms with Gasteiger partial charge in [0.2, 0.25) is 0 Å². The largest absolute Gasteiger partial charge is 0.502 e. The Morgan fingerprint density at radius 2 is 2.15 bits per heavy atom. The van der Waals surface area contributed by atoms with Gasteiger partial charge in [-0.15, -0.1) is 0 Å². The number of fused-ring (bicyclic) bond motifs is 1. The second-order valence-electron chi connectivity index (χ2n) is 7.21. The van der Waals surface area contributed by atoms with Gasteiger partial charge in [0.15, 0.2) is 5.75 Å². The van der Waals surface area contributed by atoms with Crippen molar-refractivity contribution in [2.45, 2.75) is 31.6 Å². The lowest BCUT2D eigenvalue weighted by Crippen LogP contribution is -2.28. The van der Waals surface area contributed by atoms with E-state index in [1.807, 2.05) is 6.07 Å². The van der Waals surface area contributed by atoms with Crippen molar-refractivity contribution >= 4 is 5.69 Å². The van der Waals surface area contributed by atoms with Crippen LogP contribution in [0.3, 0.4) is 0 Å². The molecule has 0 spiro atoms. The van der Waals surface area contributed by atoms with E-state index in [1.54, 1.807) is 13.2 Å². The lowest BCUT2D eigenvalue weighted by atomic mass is 9.82. The first-order chi connectivity index (χ1) is 13.0. The summed E-state index contributed by atoms with van der Waals surface area (Å²) in [5.41, 5.74) is 3.38. The van der Waals surface area contributed by atoms with Crippen LogP contribution in [0.2, 0.25) is 0 Å². The number of hydrogen-bond acceptors (Lipinski definition) is 5. The van der Waals surface area contributed by atoms with Crippen molar-refractivity contribution < 1.29 is 14.8 Å². The zero-order valence-corrected chi connectivity index (χ0v) is 15.9. The summed E-state index contributed by atoms with van der Waals surface area (Å²) in [4.78, 5) is 12.5. The molecule has 0 aliphatic heterocycles. The van der Waals surface area contributed by atoms with E-state index >= 15 is 0 Å². The van der Waals surface area contributed by atoms with E-state index in [0.29, 0.717) is 5.92 Å². The van der Waals surface area contributed by atoms with Gasteiger partial charge in [-0.3, -0.25) is 10.1 Å². The third-order valence-corrected chi connectivity index (χ3v) is 5.36. The van der Waals surface area contributed by atoms with Gasteiger partial charge in [-0.2, -0.15) is 0 Å². The second kappa shape index (κ2) is 8.39. The molecule has 0 heterocycles. The van der Waals surface area contributed by atoms with Crippen LogP contribution in [-0.4, -0.2) is 42.2 Å². The highest BCUT2D eigenvalue weighted by atomic mass is 16.6. The minimum Gasteiger partial charge on any atom is -0.502 e. The molecule has 0 saturated carbocycles. The molecular formula is C21H26N2O4. The van der Waals surface area contributed by atoms with Gasteiger partial charge >= 0.3 is 5.69 Å². The number of nitro groups is 1. The van der Waals surface area contributed by atoms with Crippen molar-refractivity contribution in [3.05, 3.63) is 63.2 Å². The molecule has 3 rings (SSSR count). The molecule has 0 saturated heterocycles. The highest BCUT2D eigenvalue weighted by Crippen LogP contribution is 2.37. The summed E-state index contributed by atoms with van der Waals surface area (Å²) in [7, 11) is 3.82. The number of ether oxygens (including phenoxy) is 1. The van der Waals surface area contributed by atoms with E-state index in [2.05, 4.69) is 24.1 Å². The highest BCUT2D eigenvalue weighted by Gasteiger charge is 2.23. The first kappa shape index (κ1) is 19.2. The van der Waals surface area contributed by atoms with Crippen LogP contribution in [0.15, 0.2) is 36.4 Å². The fraction of sp³-hybridized carbons (Fsp3) is 0.429. The monoisotopic (exact) mass is 370 g/mol. The van der Waals surface area contributed by atoms with Gasteiger partial charge in [0.25, 0.3) is 0 Å². The van der Waals surface area contributed by atoms with Crippen molar-refractivity contribution in [1.82, 2.24) is 4.90 Å². The Hall–Kier alpha value is -2.60. The lowest BCUT2D eigenvalue weighted by Gasteiger charge is -2.30. The average Bonchev–Trinajstić information content (AvgIpc) is 2.66. The predicted molar refractivity (Wildman–Crippen MR) is 105 cm³/mol. The number of rotatable bonds is 7. The third-order valence-electron chi connectivity index (χ3n) is 5.36. The Morgan fingerprint density at radius 3 is 2.85 bits per heavy atom. The van der Waals surface area contributed by atoms with E-state index in [0.717, 1.165) is 37.2 Å². The number of phenols is 1. The topological polar surface area (TPSA) is 75.8 Å². The smallest absolute Gasteiger partial charge is 0.310 e. The van der Waals surface area contributed by atoms with Crippen LogP contribution in [0.4, 0.5) is 5.69 Å². The molecule has 1 aliphatic carbocycles. The van der Waals surface area contributed by atoms with Crippen LogP contribution in [0.25, 0.3) is 0 Å². The molecule has 6 nitrogen and oxygen atoms in total. The van der Waals surface area contributed by atoms with Crippen molar-refractivity contribution in [1.29, 1.82) is 0 Å². The molecule has 0 radical (unpaired) electrons. The minimum atomic E-state index is -0.569. The van der Waals surface area contributed by atoms with Gasteiger partial charge in [-0.1, -0.05) is 18.2 Å². The molecule has 6 heteroatoms. The van der Waals surface area contributed by atoms with E-state index in [9.17, 15) is 15.2 Å². The summed E-state index contributed by atoms with van der Waals surface area (Å²) < 4.78 is 5.52. The summed E-state index contributed by atoms with van der Waals surface area (Å²) in [6.07, 6.45) is 4.15. The molecule has 0 aromatic heterocycles. The molecule has 1 aliphatic rings. The molecule has 144 valence electrons. The van der Waals surface area contributed by atoms with Gasteiger partial charge in [0, 0.05) is 19.2 Å². The SMILES string of the molecule is COc1cccc2c1CCC[C@H]2CN(C)CCc1ccc([N+](=O)[O-])c(O)c1. The standard InChI is InChI=1S/C21H26N2O4/c1-22(12-11-15-9-10-19(23(25)26)20(24)13-15)14-16-5-3-7-18-17(16)6-4-8-21(18)27-2/h4,6,8-10,13,16,24H,3,5,7,11-12,14H2,1-2H3/t16-/m0/s1. The molecule has 2 aromatic rings. The van der Waals surface area contributed by atoms with Crippen molar-refractivity contribution in [3.8, 4) is 11.5 Å². The predicted octanol–water partition coefficient (Wildman–Crippen LogP) is 3.90. The lowest BCUT2D eigenvalue weighted by molar-refractivity contribution is -0.385. The Bertz CT molecular complexity index is 822. The number of nitro benzene ring substituents is 1.